The topological polar surface area (TPSA) is 120 Å². The lowest BCUT2D eigenvalue weighted by Crippen LogP contribution is -2.40. The van der Waals surface area contributed by atoms with Crippen LogP contribution >= 0.6 is 0 Å². The van der Waals surface area contributed by atoms with Gasteiger partial charge in [-0.15, -0.1) is 0 Å². The Balaban J connectivity index is 1.32. The molecule has 9 heteroatoms. The van der Waals surface area contributed by atoms with Crippen LogP contribution in [0, 0.1) is 0 Å². The van der Waals surface area contributed by atoms with E-state index >= 15 is 0 Å². The molecule has 0 aromatic heterocycles. The van der Waals surface area contributed by atoms with Crippen molar-refractivity contribution in [3.8, 4) is 0 Å². The predicted octanol–water partition coefficient (Wildman–Crippen LogP) is 1.87. The number of amides is 6. The second-order valence-corrected chi connectivity index (χ2v) is 8.09. The van der Waals surface area contributed by atoms with Gasteiger partial charge in [0.05, 0.1) is 0 Å². The maximum atomic E-state index is 12.3. The summed E-state index contributed by atoms with van der Waals surface area (Å²) in [5, 5.41) is 10.5. The number of carbonyl (C=O) groups is 4. The van der Waals surface area contributed by atoms with Gasteiger partial charge >= 0.3 is 12.1 Å². The highest BCUT2D eigenvalue weighted by Gasteiger charge is 2.43. The zero-order valence-electron chi connectivity index (χ0n) is 17.7. The van der Waals surface area contributed by atoms with E-state index in [4.69, 9.17) is 0 Å². The Kier molecular flexibility index (Phi) is 5.81. The van der Waals surface area contributed by atoms with E-state index in [0.717, 1.165) is 29.8 Å². The number of nitrogens with zero attached hydrogens (tertiary/aromatic N) is 1. The van der Waals surface area contributed by atoms with Gasteiger partial charge in [0.1, 0.15) is 5.54 Å². The van der Waals surface area contributed by atoms with Crippen LogP contribution in [0.2, 0.25) is 0 Å². The molecule has 2 fully saturated rings. The molecule has 0 radical (unpaired) electrons. The fourth-order valence-corrected chi connectivity index (χ4v) is 3.92. The van der Waals surface area contributed by atoms with Gasteiger partial charge in [0, 0.05) is 31.7 Å². The van der Waals surface area contributed by atoms with Gasteiger partial charge in [-0.2, -0.15) is 0 Å². The molecule has 2 aromatic carbocycles. The molecule has 166 valence electrons. The molecule has 32 heavy (non-hydrogen) atoms. The third kappa shape index (κ3) is 4.41. The van der Waals surface area contributed by atoms with Gasteiger partial charge in [0.2, 0.25) is 5.91 Å². The van der Waals surface area contributed by atoms with Crippen molar-refractivity contribution >= 4 is 29.6 Å². The number of hydrogen-bond donors (Lipinski definition) is 4. The van der Waals surface area contributed by atoms with Crippen molar-refractivity contribution in [2.45, 2.75) is 38.4 Å². The van der Waals surface area contributed by atoms with Crippen molar-refractivity contribution < 1.29 is 19.2 Å². The molecule has 2 aromatic rings. The fourth-order valence-electron chi connectivity index (χ4n) is 3.92. The van der Waals surface area contributed by atoms with Crippen LogP contribution in [0.5, 0.6) is 0 Å². The molecule has 6 amide bonds. The molecule has 1 unspecified atom stereocenters. The zero-order valence-corrected chi connectivity index (χ0v) is 17.7. The molecule has 2 aliphatic heterocycles. The summed E-state index contributed by atoms with van der Waals surface area (Å²) in [6, 6.07) is 13.9. The first-order valence-corrected chi connectivity index (χ1v) is 10.5. The fraction of sp³-hybridized carbons (Fsp3) is 0.304. The number of nitrogens with one attached hydrogen (secondary N) is 4. The number of benzene rings is 2. The summed E-state index contributed by atoms with van der Waals surface area (Å²) in [5.74, 6) is -0.290. The Labute approximate surface area is 185 Å². The van der Waals surface area contributed by atoms with E-state index in [0.29, 0.717) is 18.5 Å². The molecule has 9 nitrogen and oxygen atoms in total. The van der Waals surface area contributed by atoms with E-state index in [9.17, 15) is 19.2 Å². The zero-order chi connectivity index (χ0) is 22.7. The van der Waals surface area contributed by atoms with Crippen molar-refractivity contribution in [1.29, 1.82) is 0 Å². The molecule has 4 N–H and O–H groups in total. The number of hydrogen-bond acceptors (Lipinski definition) is 4. The standard InChI is InChI=1S/C23H25N5O4/c1-23(20(30)26-22(32)27-23)17-7-2-5-15(11-17)13-24-21(31)25-14-16-6-3-8-18(12-16)28-10-4-9-19(28)29/h2-3,5-8,11-12H,4,9-10,13-14H2,1H3,(H2,24,25,31)(H2,26,27,30,32). The van der Waals surface area contributed by atoms with Crippen LogP contribution in [0.1, 0.15) is 36.5 Å². The van der Waals surface area contributed by atoms with Gasteiger partial charge in [-0.3, -0.25) is 14.9 Å². The average Bonchev–Trinajstić information content (AvgIpc) is 3.33. The maximum absolute atomic E-state index is 12.3. The number of urea groups is 2. The monoisotopic (exact) mass is 435 g/mol. The highest BCUT2D eigenvalue weighted by molar-refractivity contribution is 6.07. The number of rotatable bonds is 6. The molecule has 1 atom stereocenters. The third-order valence-corrected chi connectivity index (χ3v) is 5.75. The minimum Gasteiger partial charge on any atom is -0.334 e. The Morgan fingerprint density at radius 2 is 1.72 bits per heavy atom. The predicted molar refractivity (Wildman–Crippen MR) is 118 cm³/mol. The smallest absolute Gasteiger partial charge is 0.322 e. The lowest BCUT2D eigenvalue weighted by molar-refractivity contribution is -0.123. The van der Waals surface area contributed by atoms with E-state index in [1.807, 2.05) is 30.3 Å². The van der Waals surface area contributed by atoms with Crippen molar-refractivity contribution in [1.82, 2.24) is 21.3 Å². The second-order valence-electron chi connectivity index (χ2n) is 8.09. The van der Waals surface area contributed by atoms with Crippen LogP contribution in [0.25, 0.3) is 0 Å². The minimum atomic E-state index is -1.14. The van der Waals surface area contributed by atoms with Gasteiger partial charge in [-0.1, -0.05) is 36.4 Å². The second kappa shape index (κ2) is 8.70. The number of imide groups is 1. The largest absolute Gasteiger partial charge is 0.334 e. The van der Waals surface area contributed by atoms with Crippen LogP contribution in [0.15, 0.2) is 48.5 Å². The summed E-state index contributed by atoms with van der Waals surface area (Å²) in [6.45, 7) is 2.94. The summed E-state index contributed by atoms with van der Waals surface area (Å²) in [4.78, 5) is 49.6. The molecule has 0 bridgehead atoms. The quantitative estimate of drug-likeness (QED) is 0.518. The number of anilines is 1. The Morgan fingerprint density at radius 1 is 1.03 bits per heavy atom. The lowest BCUT2D eigenvalue weighted by Gasteiger charge is -2.21. The van der Waals surface area contributed by atoms with E-state index in [2.05, 4.69) is 21.3 Å². The van der Waals surface area contributed by atoms with E-state index in [1.165, 1.54) is 0 Å². The summed E-state index contributed by atoms with van der Waals surface area (Å²) in [5.41, 5.74) is 2.03. The molecule has 0 saturated carbocycles. The molecule has 0 aliphatic carbocycles. The first-order chi connectivity index (χ1) is 15.3. The Morgan fingerprint density at radius 3 is 2.34 bits per heavy atom. The van der Waals surface area contributed by atoms with Crippen molar-refractivity contribution in [2.24, 2.45) is 0 Å². The Hall–Kier alpha value is -3.88. The van der Waals surface area contributed by atoms with Crippen LogP contribution in [0.4, 0.5) is 15.3 Å². The minimum absolute atomic E-state index is 0.124. The van der Waals surface area contributed by atoms with Crippen LogP contribution in [0.3, 0.4) is 0 Å². The highest BCUT2D eigenvalue weighted by atomic mass is 16.2. The normalized spacial score (nSPS) is 20.2. The van der Waals surface area contributed by atoms with Gasteiger partial charge in [-0.05, 0) is 42.2 Å². The summed E-state index contributed by atoms with van der Waals surface area (Å²) < 4.78 is 0. The van der Waals surface area contributed by atoms with Crippen molar-refractivity contribution in [2.75, 3.05) is 11.4 Å². The third-order valence-electron chi connectivity index (χ3n) is 5.75. The first kappa shape index (κ1) is 21.4. The first-order valence-electron chi connectivity index (χ1n) is 10.5. The van der Waals surface area contributed by atoms with E-state index < -0.39 is 17.5 Å². The van der Waals surface area contributed by atoms with Crippen molar-refractivity contribution in [3.05, 3.63) is 65.2 Å². The maximum Gasteiger partial charge on any atom is 0.322 e. The van der Waals surface area contributed by atoms with E-state index in [-0.39, 0.29) is 18.5 Å². The average molecular weight is 435 g/mol. The lowest BCUT2D eigenvalue weighted by atomic mass is 9.91. The highest BCUT2D eigenvalue weighted by Crippen LogP contribution is 2.25. The van der Waals surface area contributed by atoms with Gasteiger partial charge in [0.15, 0.2) is 0 Å². The van der Waals surface area contributed by atoms with Crippen LogP contribution in [-0.4, -0.2) is 30.4 Å². The van der Waals surface area contributed by atoms with Crippen LogP contribution < -0.4 is 26.2 Å². The van der Waals surface area contributed by atoms with Gasteiger partial charge in [-0.25, -0.2) is 9.59 Å². The van der Waals surface area contributed by atoms with Gasteiger partial charge < -0.3 is 20.9 Å². The molecule has 4 rings (SSSR count). The molecule has 2 saturated heterocycles. The van der Waals surface area contributed by atoms with Crippen LogP contribution in [-0.2, 0) is 28.2 Å². The number of carbonyl (C=O) groups excluding carboxylic acids is 4. The summed E-state index contributed by atoms with van der Waals surface area (Å²) >= 11 is 0. The van der Waals surface area contributed by atoms with Gasteiger partial charge in [0.25, 0.3) is 5.91 Å². The molecule has 0 spiro atoms. The molecular formula is C23H25N5O4. The molecular weight excluding hydrogens is 410 g/mol. The SMILES string of the molecule is CC1(c2cccc(CNC(=O)NCc3cccc(N4CCCC4=O)c3)c2)NC(=O)NC1=O. The molecule has 2 heterocycles. The summed E-state index contributed by atoms with van der Waals surface area (Å²) in [7, 11) is 0. The van der Waals surface area contributed by atoms with Crippen molar-refractivity contribution in [3.63, 3.8) is 0 Å². The Bertz CT molecular complexity index is 1090. The molecule has 2 aliphatic rings. The summed E-state index contributed by atoms with van der Waals surface area (Å²) in [6.07, 6.45) is 1.43. The van der Waals surface area contributed by atoms with E-state index in [1.54, 1.807) is 30.0 Å².